The van der Waals surface area contributed by atoms with E-state index in [2.05, 4.69) is 4.74 Å². The van der Waals surface area contributed by atoms with Gasteiger partial charge in [0.25, 0.3) is 5.69 Å². The summed E-state index contributed by atoms with van der Waals surface area (Å²) in [6.07, 6.45) is -1.34. The summed E-state index contributed by atoms with van der Waals surface area (Å²) in [5.41, 5.74) is 0.349. The van der Waals surface area contributed by atoms with Crippen molar-refractivity contribution in [1.82, 2.24) is 0 Å². The van der Waals surface area contributed by atoms with E-state index in [1.807, 2.05) is 28.7 Å². The minimum absolute atomic E-state index is 0.0899. The molecular formula is C10H7IN2O5. The zero-order valence-corrected chi connectivity index (χ0v) is 11.1. The molecule has 0 aromatic heterocycles. The molecule has 0 fully saturated rings. The van der Waals surface area contributed by atoms with Gasteiger partial charge in [0.05, 0.1) is 23.2 Å². The van der Waals surface area contributed by atoms with Gasteiger partial charge in [-0.25, -0.2) is 4.79 Å². The number of benzene rings is 1. The maximum Gasteiger partial charge on any atom is 0.505 e. The van der Waals surface area contributed by atoms with Crippen molar-refractivity contribution in [3.63, 3.8) is 0 Å². The van der Waals surface area contributed by atoms with E-state index >= 15 is 0 Å². The quantitative estimate of drug-likeness (QED) is 0.381. The molecule has 0 saturated carbocycles. The molecular weight excluding hydrogens is 355 g/mol. The minimum Gasteiger partial charge on any atom is -0.450 e. The zero-order chi connectivity index (χ0) is 13.7. The van der Waals surface area contributed by atoms with Gasteiger partial charge in [0.1, 0.15) is 0 Å². The number of carboxylic acid groups (broad SMARTS) is 1. The summed E-state index contributed by atoms with van der Waals surface area (Å²) in [6.45, 7) is -0.169. The van der Waals surface area contributed by atoms with E-state index in [0.717, 1.165) is 6.07 Å². The van der Waals surface area contributed by atoms with E-state index in [1.165, 1.54) is 6.07 Å². The molecule has 1 aromatic rings. The number of nitrogens with zero attached hydrogens (tertiary/aromatic N) is 2. The molecule has 0 heterocycles. The Bertz CT molecular complexity index is 538. The molecule has 0 radical (unpaired) electrons. The van der Waals surface area contributed by atoms with Crippen LogP contribution in [0.25, 0.3) is 0 Å². The minimum atomic E-state index is -1.43. The highest BCUT2D eigenvalue weighted by atomic mass is 127. The number of rotatable bonds is 4. The van der Waals surface area contributed by atoms with Gasteiger partial charge in [-0.1, -0.05) is 0 Å². The first-order chi connectivity index (χ1) is 8.45. The molecule has 0 aliphatic heterocycles. The van der Waals surface area contributed by atoms with Crippen molar-refractivity contribution in [3.8, 4) is 6.07 Å². The highest BCUT2D eigenvalue weighted by molar-refractivity contribution is 14.1. The van der Waals surface area contributed by atoms with Gasteiger partial charge in [-0.3, -0.25) is 10.1 Å². The summed E-state index contributed by atoms with van der Waals surface area (Å²) in [5.74, 6) is 0. The van der Waals surface area contributed by atoms with E-state index in [0.29, 0.717) is 9.13 Å². The van der Waals surface area contributed by atoms with Crippen LogP contribution in [0.15, 0.2) is 12.1 Å². The Balaban J connectivity index is 3.06. The molecule has 1 aromatic carbocycles. The molecule has 1 N–H and O–H groups in total. The number of hydrogen-bond donors (Lipinski definition) is 1. The standard InChI is InChI=1S/C10H7IN2O5/c11-8-3-6(5-12)4-9(13(16)17)7(8)1-2-18-10(14)15/h3-4H,1-2H2,(H,14,15). The first-order valence-corrected chi connectivity index (χ1v) is 5.76. The maximum atomic E-state index is 10.9. The first kappa shape index (κ1) is 14.2. The Labute approximate surface area is 115 Å². The second kappa shape index (κ2) is 6.15. The van der Waals surface area contributed by atoms with Crippen LogP contribution in [0.1, 0.15) is 11.1 Å². The van der Waals surface area contributed by atoms with Crippen LogP contribution in [0.3, 0.4) is 0 Å². The predicted octanol–water partition coefficient (Wildman–Crippen LogP) is 2.31. The number of nitro benzene ring substituents is 1. The molecule has 0 saturated heterocycles. The van der Waals surface area contributed by atoms with Gasteiger partial charge in [0.2, 0.25) is 0 Å². The lowest BCUT2D eigenvalue weighted by molar-refractivity contribution is -0.385. The zero-order valence-electron chi connectivity index (χ0n) is 8.92. The monoisotopic (exact) mass is 362 g/mol. The molecule has 0 aliphatic carbocycles. The van der Waals surface area contributed by atoms with Crippen LogP contribution >= 0.6 is 22.6 Å². The number of nitriles is 1. The lowest BCUT2D eigenvalue weighted by Crippen LogP contribution is -2.07. The number of halogens is 1. The normalized spacial score (nSPS) is 9.56. The molecule has 94 valence electrons. The summed E-state index contributed by atoms with van der Waals surface area (Å²) in [7, 11) is 0. The maximum absolute atomic E-state index is 10.9. The van der Waals surface area contributed by atoms with Crippen LogP contribution in [0.4, 0.5) is 10.5 Å². The SMILES string of the molecule is N#Cc1cc(I)c(CCOC(=O)O)c([N+](=O)[O-])c1. The van der Waals surface area contributed by atoms with Gasteiger partial charge in [0, 0.05) is 21.6 Å². The second-order valence-electron chi connectivity index (χ2n) is 3.19. The molecule has 0 atom stereocenters. The third kappa shape index (κ3) is 3.56. The smallest absolute Gasteiger partial charge is 0.450 e. The van der Waals surface area contributed by atoms with E-state index in [9.17, 15) is 14.9 Å². The fraction of sp³-hybridized carbons (Fsp3) is 0.200. The summed E-state index contributed by atoms with van der Waals surface area (Å²) in [4.78, 5) is 20.5. The Morgan fingerprint density at radius 1 is 1.61 bits per heavy atom. The van der Waals surface area contributed by atoms with Crippen LogP contribution in [0, 0.1) is 25.0 Å². The Hall–Kier alpha value is -1.89. The predicted molar refractivity (Wildman–Crippen MR) is 68.2 cm³/mol. The molecule has 0 aliphatic rings. The molecule has 0 spiro atoms. The highest BCUT2D eigenvalue weighted by Crippen LogP contribution is 2.26. The van der Waals surface area contributed by atoms with E-state index in [4.69, 9.17) is 10.4 Å². The topological polar surface area (TPSA) is 113 Å². The lowest BCUT2D eigenvalue weighted by Gasteiger charge is -2.06. The van der Waals surface area contributed by atoms with Gasteiger partial charge in [-0.15, -0.1) is 0 Å². The van der Waals surface area contributed by atoms with Gasteiger partial charge in [0.15, 0.2) is 0 Å². The fourth-order valence-corrected chi connectivity index (χ4v) is 2.22. The van der Waals surface area contributed by atoms with Gasteiger partial charge in [-0.2, -0.15) is 5.26 Å². The average Bonchev–Trinajstić information content (AvgIpc) is 2.29. The van der Waals surface area contributed by atoms with Crippen molar-refractivity contribution in [3.05, 3.63) is 36.9 Å². The van der Waals surface area contributed by atoms with E-state index < -0.39 is 11.1 Å². The average molecular weight is 362 g/mol. The molecule has 0 unspecified atom stereocenters. The Morgan fingerprint density at radius 3 is 2.78 bits per heavy atom. The van der Waals surface area contributed by atoms with Gasteiger partial charge < -0.3 is 9.84 Å². The number of carbonyl (C=O) groups is 1. The van der Waals surface area contributed by atoms with Crippen LogP contribution in [-0.4, -0.2) is 22.8 Å². The van der Waals surface area contributed by atoms with E-state index in [1.54, 1.807) is 0 Å². The van der Waals surface area contributed by atoms with Crippen LogP contribution in [0.5, 0.6) is 0 Å². The lowest BCUT2D eigenvalue weighted by atomic mass is 10.1. The van der Waals surface area contributed by atoms with Crippen molar-refractivity contribution >= 4 is 34.4 Å². The first-order valence-electron chi connectivity index (χ1n) is 4.68. The van der Waals surface area contributed by atoms with Crippen molar-refractivity contribution in [2.45, 2.75) is 6.42 Å². The van der Waals surface area contributed by atoms with Crippen LogP contribution in [-0.2, 0) is 11.2 Å². The Morgan fingerprint density at radius 2 is 2.28 bits per heavy atom. The summed E-state index contributed by atoms with van der Waals surface area (Å²) < 4.78 is 4.85. The number of hydrogen-bond acceptors (Lipinski definition) is 5. The number of nitro groups is 1. The third-order valence-electron chi connectivity index (χ3n) is 2.08. The largest absolute Gasteiger partial charge is 0.505 e. The van der Waals surface area contributed by atoms with Crippen molar-refractivity contribution in [2.24, 2.45) is 0 Å². The second-order valence-corrected chi connectivity index (χ2v) is 4.35. The van der Waals surface area contributed by atoms with E-state index in [-0.39, 0.29) is 24.3 Å². The third-order valence-corrected chi connectivity index (χ3v) is 3.04. The van der Waals surface area contributed by atoms with Gasteiger partial charge >= 0.3 is 6.16 Å². The highest BCUT2D eigenvalue weighted by Gasteiger charge is 2.18. The molecule has 7 nitrogen and oxygen atoms in total. The molecule has 8 heteroatoms. The molecule has 0 bridgehead atoms. The van der Waals surface area contributed by atoms with Crippen molar-refractivity contribution < 1.29 is 19.6 Å². The molecule has 0 amide bonds. The summed E-state index contributed by atoms with van der Waals surface area (Å²) in [5, 5.41) is 27.9. The Kier molecular flexibility index (Phi) is 4.85. The van der Waals surface area contributed by atoms with Crippen LogP contribution < -0.4 is 0 Å². The summed E-state index contributed by atoms with van der Waals surface area (Å²) in [6, 6.07) is 4.50. The molecule has 18 heavy (non-hydrogen) atoms. The fourth-order valence-electron chi connectivity index (χ4n) is 1.34. The summed E-state index contributed by atoms with van der Waals surface area (Å²) >= 11 is 1.87. The molecule has 1 rings (SSSR count). The number of ether oxygens (including phenoxy) is 1. The van der Waals surface area contributed by atoms with Crippen LogP contribution in [0.2, 0.25) is 0 Å². The van der Waals surface area contributed by atoms with Crippen molar-refractivity contribution in [2.75, 3.05) is 6.61 Å². The van der Waals surface area contributed by atoms with Crippen molar-refractivity contribution in [1.29, 1.82) is 5.26 Å². The van der Waals surface area contributed by atoms with Gasteiger partial charge in [-0.05, 0) is 28.7 Å².